The SMILES string of the molecule is CCOC(=O)CC1CCCc2cc(Cc3ncc[nH]3)ccc21. The van der Waals surface area contributed by atoms with Gasteiger partial charge in [-0.25, -0.2) is 4.98 Å². The number of esters is 1. The number of aromatic amines is 1. The second kappa shape index (κ2) is 6.77. The zero-order chi connectivity index (χ0) is 15.4. The van der Waals surface area contributed by atoms with Gasteiger partial charge in [0.1, 0.15) is 5.82 Å². The minimum absolute atomic E-state index is 0.0833. The highest BCUT2D eigenvalue weighted by Crippen LogP contribution is 2.35. The molecular formula is C18H22N2O2. The number of aromatic nitrogens is 2. The summed E-state index contributed by atoms with van der Waals surface area (Å²) in [6, 6.07) is 6.62. The van der Waals surface area contributed by atoms with Crippen molar-refractivity contribution in [1.82, 2.24) is 9.97 Å². The van der Waals surface area contributed by atoms with Gasteiger partial charge in [0.25, 0.3) is 0 Å². The molecule has 0 saturated heterocycles. The number of hydrogen-bond donors (Lipinski definition) is 1. The Hall–Kier alpha value is -2.10. The summed E-state index contributed by atoms with van der Waals surface area (Å²) in [5, 5.41) is 0. The summed E-state index contributed by atoms with van der Waals surface area (Å²) in [5.41, 5.74) is 3.97. The van der Waals surface area contributed by atoms with Crippen molar-refractivity contribution in [1.29, 1.82) is 0 Å². The molecule has 3 rings (SSSR count). The van der Waals surface area contributed by atoms with Crippen LogP contribution in [0.25, 0.3) is 0 Å². The van der Waals surface area contributed by atoms with Crippen molar-refractivity contribution in [2.45, 2.75) is 44.9 Å². The second-order valence-electron chi connectivity index (χ2n) is 5.84. The van der Waals surface area contributed by atoms with E-state index >= 15 is 0 Å². The number of benzene rings is 1. The quantitative estimate of drug-likeness (QED) is 0.861. The van der Waals surface area contributed by atoms with Gasteiger partial charge in [0, 0.05) is 18.8 Å². The molecule has 4 heteroatoms. The van der Waals surface area contributed by atoms with Gasteiger partial charge in [-0.05, 0) is 48.8 Å². The highest BCUT2D eigenvalue weighted by molar-refractivity contribution is 5.70. The van der Waals surface area contributed by atoms with Crippen LogP contribution >= 0.6 is 0 Å². The van der Waals surface area contributed by atoms with Crippen molar-refractivity contribution in [3.63, 3.8) is 0 Å². The number of fused-ring (bicyclic) bond motifs is 1. The molecule has 0 amide bonds. The first-order chi connectivity index (χ1) is 10.8. The van der Waals surface area contributed by atoms with Crippen LogP contribution in [0, 0.1) is 0 Å². The summed E-state index contributed by atoms with van der Waals surface area (Å²) < 4.78 is 5.10. The van der Waals surface area contributed by atoms with Gasteiger partial charge in [-0.1, -0.05) is 18.2 Å². The first kappa shape index (κ1) is 14.8. The Bertz CT molecular complexity index is 635. The lowest BCUT2D eigenvalue weighted by atomic mass is 9.80. The fourth-order valence-electron chi connectivity index (χ4n) is 3.30. The van der Waals surface area contributed by atoms with Crippen molar-refractivity contribution in [2.75, 3.05) is 6.61 Å². The summed E-state index contributed by atoms with van der Waals surface area (Å²) in [5.74, 6) is 1.21. The Morgan fingerprint density at radius 3 is 3.14 bits per heavy atom. The number of hydrogen-bond acceptors (Lipinski definition) is 3. The van der Waals surface area contributed by atoms with Crippen LogP contribution in [0.3, 0.4) is 0 Å². The smallest absolute Gasteiger partial charge is 0.306 e. The minimum atomic E-state index is -0.0833. The molecule has 22 heavy (non-hydrogen) atoms. The molecule has 0 radical (unpaired) electrons. The number of ether oxygens (including phenoxy) is 1. The van der Waals surface area contributed by atoms with E-state index in [0.29, 0.717) is 18.9 Å². The van der Waals surface area contributed by atoms with Crippen LogP contribution in [0.4, 0.5) is 0 Å². The fraction of sp³-hybridized carbons (Fsp3) is 0.444. The molecule has 1 aromatic carbocycles. The monoisotopic (exact) mass is 298 g/mol. The molecule has 1 unspecified atom stereocenters. The molecule has 116 valence electrons. The van der Waals surface area contributed by atoms with Gasteiger partial charge < -0.3 is 9.72 Å². The van der Waals surface area contributed by atoms with Crippen LogP contribution in [0.5, 0.6) is 0 Å². The van der Waals surface area contributed by atoms with E-state index in [2.05, 4.69) is 28.2 Å². The van der Waals surface area contributed by atoms with E-state index in [-0.39, 0.29) is 5.97 Å². The zero-order valence-corrected chi connectivity index (χ0v) is 13.0. The van der Waals surface area contributed by atoms with E-state index in [0.717, 1.165) is 31.5 Å². The molecule has 1 atom stereocenters. The Morgan fingerprint density at radius 1 is 1.45 bits per heavy atom. The standard InChI is InChI=1S/C18H22N2O2/c1-2-22-18(21)12-15-5-3-4-14-10-13(6-7-16(14)15)11-17-19-8-9-20-17/h6-10,15H,2-5,11-12H2,1H3,(H,19,20). The molecule has 0 fully saturated rings. The fourth-order valence-corrected chi connectivity index (χ4v) is 3.30. The summed E-state index contributed by atoms with van der Waals surface area (Å²) in [7, 11) is 0. The highest BCUT2D eigenvalue weighted by Gasteiger charge is 2.23. The summed E-state index contributed by atoms with van der Waals surface area (Å²) in [6.45, 7) is 2.31. The Labute approximate surface area is 130 Å². The van der Waals surface area contributed by atoms with Crippen LogP contribution in [0.2, 0.25) is 0 Å². The van der Waals surface area contributed by atoms with E-state index < -0.39 is 0 Å². The highest BCUT2D eigenvalue weighted by atomic mass is 16.5. The van der Waals surface area contributed by atoms with Crippen molar-refractivity contribution in [3.05, 3.63) is 53.1 Å². The van der Waals surface area contributed by atoms with Gasteiger partial charge in [0.05, 0.1) is 13.0 Å². The second-order valence-corrected chi connectivity index (χ2v) is 5.84. The zero-order valence-electron chi connectivity index (χ0n) is 13.0. The lowest BCUT2D eigenvalue weighted by molar-refractivity contribution is -0.143. The number of H-pyrrole nitrogens is 1. The summed E-state index contributed by atoms with van der Waals surface area (Å²) >= 11 is 0. The molecule has 1 aliphatic carbocycles. The normalized spacial score (nSPS) is 17.0. The molecule has 1 heterocycles. The molecule has 1 aliphatic rings. The van der Waals surface area contributed by atoms with E-state index in [9.17, 15) is 4.79 Å². The molecule has 0 bridgehead atoms. The number of aryl methyl sites for hydroxylation is 1. The first-order valence-corrected chi connectivity index (χ1v) is 8.02. The number of nitrogens with one attached hydrogen (secondary N) is 1. The first-order valence-electron chi connectivity index (χ1n) is 8.02. The van der Waals surface area contributed by atoms with Gasteiger partial charge in [-0.2, -0.15) is 0 Å². The van der Waals surface area contributed by atoms with Gasteiger partial charge in [0.2, 0.25) is 0 Å². The van der Waals surface area contributed by atoms with Gasteiger partial charge in [-0.15, -0.1) is 0 Å². The lowest BCUT2D eigenvalue weighted by Crippen LogP contribution is -2.16. The van der Waals surface area contributed by atoms with Crippen LogP contribution in [0.15, 0.2) is 30.6 Å². The van der Waals surface area contributed by atoms with Crippen molar-refractivity contribution in [2.24, 2.45) is 0 Å². The number of imidazole rings is 1. The lowest BCUT2D eigenvalue weighted by Gasteiger charge is -2.25. The molecule has 0 aliphatic heterocycles. The molecule has 1 aromatic heterocycles. The molecule has 2 aromatic rings. The number of nitrogens with zero attached hydrogens (tertiary/aromatic N) is 1. The number of rotatable bonds is 5. The van der Waals surface area contributed by atoms with E-state index in [1.807, 2.05) is 13.1 Å². The predicted octanol–water partition coefficient (Wildman–Crippen LogP) is 3.37. The molecule has 4 nitrogen and oxygen atoms in total. The Kier molecular flexibility index (Phi) is 4.56. The van der Waals surface area contributed by atoms with Crippen LogP contribution in [0.1, 0.15) is 54.6 Å². The predicted molar refractivity (Wildman–Crippen MR) is 84.8 cm³/mol. The van der Waals surface area contributed by atoms with Crippen LogP contribution < -0.4 is 0 Å². The molecular weight excluding hydrogens is 276 g/mol. The topological polar surface area (TPSA) is 55.0 Å². The average molecular weight is 298 g/mol. The van der Waals surface area contributed by atoms with Crippen molar-refractivity contribution in [3.8, 4) is 0 Å². The number of carbonyl (C=O) groups is 1. The third-order valence-corrected chi connectivity index (χ3v) is 4.29. The number of carbonyl (C=O) groups excluding carboxylic acids is 1. The molecule has 1 N–H and O–H groups in total. The largest absolute Gasteiger partial charge is 0.466 e. The summed E-state index contributed by atoms with van der Waals surface area (Å²) in [6.07, 6.45) is 8.26. The van der Waals surface area contributed by atoms with Gasteiger partial charge >= 0.3 is 5.97 Å². The molecule has 0 saturated carbocycles. The molecule has 0 spiro atoms. The Morgan fingerprint density at radius 2 is 2.36 bits per heavy atom. The maximum Gasteiger partial charge on any atom is 0.306 e. The van der Waals surface area contributed by atoms with Gasteiger partial charge in [0.15, 0.2) is 0 Å². The maximum atomic E-state index is 11.8. The van der Waals surface area contributed by atoms with Gasteiger partial charge in [-0.3, -0.25) is 4.79 Å². The summed E-state index contributed by atoms with van der Waals surface area (Å²) in [4.78, 5) is 19.2. The van der Waals surface area contributed by atoms with Crippen LogP contribution in [-0.2, 0) is 22.4 Å². The van der Waals surface area contributed by atoms with E-state index in [4.69, 9.17) is 4.74 Å². The van der Waals surface area contributed by atoms with E-state index in [1.54, 1.807) is 6.20 Å². The minimum Gasteiger partial charge on any atom is -0.466 e. The Balaban J connectivity index is 1.75. The van der Waals surface area contributed by atoms with Crippen LogP contribution in [-0.4, -0.2) is 22.5 Å². The third-order valence-electron chi connectivity index (χ3n) is 4.29. The third kappa shape index (κ3) is 3.38. The van der Waals surface area contributed by atoms with Crippen molar-refractivity contribution < 1.29 is 9.53 Å². The van der Waals surface area contributed by atoms with E-state index in [1.165, 1.54) is 16.7 Å². The van der Waals surface area contributed by atoms with Crippen molar-refractivity contribution >= 4 is 5.97 Å². The average Bonchev–Trinajstić information content (AvgIpc) is 3.00. The maximum absolute atomic E-state index is 11.8.